The van der Waals surface area contributed by atoms with Crippen LogP contribution in [0.15, 0.2) is 52.3 Å². The van der Waals surface area contributed by atoms with Crippen LogP contribution < -0.4 is 9.47 Å². The number of rotatable bonds is 4. The molecule has 11 heteroatoms. The molecule has 0 amide bonds. The Kier molecular flexibility index (Phi) is 5.42. The van der Waals surface area contributed by atoms with Crippen LogP contribution in [0.2, 0.25) is 0 Å². The number of nitriles is 1. The SMILES string of the molecule is N#Cc1ccc(S(=O)(=O)N2CCN(S(=O)(=O)c3ccc4c(c3)OCCO4)CC2)cc1. The molecule has 4 rings (SSSR count). The molecule has 1 fully saturated rings. The summed E-state index contributed by atoms with van der Waals surface area (Å²) in [6.45, 7) is 0.897. The number of fused-ring (bicyclic) bond motifs is 1. The highest BCUT2D eigenvalue weighted by Crippen LogP contribution is 2.33. The van der Waals surface area contributed by atoms with Crippen LogP contribution in [-0.2, 0) is 20.0 Å². The topological polar surface area (TPSA) is 117 Å². The van der Waals surface area contributed by atoms with Gasteiger partial charge < -0.3 is 9.47 Å². The van der Waals surface area contributed by atoms with Gasteiger partial charge in [-0.25, -0.2) is 16.8 Å². The third-order valence-electron chi connectivity index (χ3n) is 4.97. The number of hydrogen-bond donors (Lipinski definition) is 0. The van der Waals surface area contributed by atoms with Gasteiger partial charge in [-0.05, 0) is 36.4 Å². The zero-order chi connectivity index (χ0) is 21.4. The minimum Gasteiger partial charge on any atom is -0.486 e. The fourth-order valence-electron chi connectivity index (χ4n) is 3.33. The van der Waals surface area contributed by atoms with Gasteiger partial charge in [-0.3, -0.25) is 0 Å². The fraction of sp³-hybridized carbons (Fsp3) is 0.316. The average molecular weight is 450 g/mol. The molecular formula is C19H19N3O6S2. The molecule has 2 aliphatic heterocycles. The van der Waals surface area contributed by atoms with E-state index in [0.29, 0.717) is 30.3 Å². The molecule has 0 atom stereocenters. The Labute approximate surface area is 175 Å². The second kappa shape index (κ2) is 7.88. The van der Waals surface area contributed by atoms with Crippen molar-refractivity contribution in [2.24, 2.45) is 0 Å². The number of hydrogen-bond acceptors (Lipinski definition) is 7. The van der Waals surface area contributed by atoms with Gasteiger partial charge in [0.15, 0.2) is 11.5 Å². The number of piperazine rings is 1. The molecule has 30 heavy (non-hydrogen) atoms. The van der Waals surface area contributed by atoms with Crippen molar-refractivity contribution in [2.45, 2.75) is 9.79 Å². The molecule has 0 aromatic heterocycles. The van der Waals surface area contributed by atoms with Gasteiger partial charge in [0, 0.05) is 32.2 Å². The van der Waals surface area contributed by atoms with Crippen molar-refractivity contribution >= 4 is 20.0 Å². The van der Waals surface area contributed by atoms with E-state index in [-0.39, 0.29) is 36.0 Å². The summed E-state index contributed by atoms with van der Waals surface area (Å²) in [5.74, 6) is 0.878. The molecule has 1 saturated heterocycles. The van der Waals surface area contributed by atoms with Gasteiger partial charge in [0.05, 0.1) is 21.4 Å². The first-order valence-corrected chi connectivity index (χ1v) is 12.1. The van der Waals surface area contributed by atoms with Gasteiger partial charge in [0.25, 0.3) is 0 Å². The van der Waals surface area contributed by atoms with E-state index in [9.17, 15) is 16.8 Å². The van der Waals surface area contributed by atoms with Gasteiger partial charge in [-0.1, -0.05) is 0 Å². The normalized spacial score (nSPS) is 18.0. The van der Waals surface area contributed by atoms with E-state index < -0.39 is 20.0 Å². The average Bonchev–Trinajstić information content (AvgIpc) is 2.78. The van der Waals surface area contributed by atoms with Gasteiger partial charge in [-0.2, -0.15) is 13.9 Å². The zero-order valence-corrected chi connectivity index (χ0v) is 17.5. The number of ether oxygens (including phenoxy) is 2. The number of sulfonamides is 2. The highest BCUT2D eigenvalue weighted by molar-refractivity contribution is 7.89. The molecule has 2 aliphatic rings. The van der Waals surface area contributed by atoms with Crippen LogP contribution in [-0.4, -0.2) is 64.8 Å². The molecule has 2 aromatic rings. The minimum atomic E-state index is -3.80. The van der Waals surface area contributed by atoms with Crippen molar-refractivity contribution in [3.8, 4) is 17.6 Å². The summed E-state index contributed by atoms with van der Waals surface area (Å²) >= 11 is 0. The summed E-state index contributed by atoms with van der Waals surface area (Å²) in [6.07, 6.45) is 0. The Morgan fingerprint density at radius 1 is 0.733 bits per heavy atom. The molecule has 9 nitrogen and oxygen atoms in total. The van der Waals surface area contributed by atoms with E-state index >= 15 is 0 Å². The summed E-state index contributed by atoms with van der Waals surface area (Å²) in [6, 6.07) is 12.0. The molecule has 0 unspecified atom stereocenters. The van der Waals surface area contributed by atoms with E-state index in [4.69, 9.17) is 14.7 Å². The third-order valence-corrected chi connectivity index (χ3v) is 8.78. The van der Waals surface area contributed by atoms with Crippen LogP contribution in [0.25, 0.3) is 0 Å². The van der Waals surface area contributed by atoms with E-state index in [0.717, 1.165) is 0 Å². The maximum Gasteiger partial charge on any atom is 0.243 e. The van der Waals surface area contributed by atoms with Crippen molar-refractivity contribution < 1.29 is 26.3 Å². The Morgan fingerprint density at radius 3 is 1.80 bits per heavy atom. The van der Waals surface area contributed by atoms with Crippen LogP contribution in [0, 0.1) is 11.3 Å². The highest BCUT2D eigenvalue weighted by atomic mass is 32.2. The Hall–Kier alpha value is -2.65. The number of nitrogens with zero attached hydrogens (tertiary/aromatic N) is 3. The van der Waals surface area contributed by atoms with E-state index in [2.05, 4.69) is 0 Å². The molecule has 0 spiro atoms. The zero-order valence-electron chi connectivity index (χ0n) is 15.9. The Balaban J connectivity index is 1.49. The molecule has 0 radical (unpaired) electrons. The second-order valence-corrected chi connectivity index (χ2v) is 10.6. The second-order valence-electron chi connectivity index (χ2n) is 6.75. The molecule has 2 heterocycles. The molecule has 158 valence electrons. The smallest absolute Gasteiger partial charge is 0.243 e. The van der Waals surface area contributed by atoms with Crippen molar-refractivity contribution in [2.75, 3.05) is 39.4 Å². The first kappa shape index (κ1) is 20.6. The first-order chi connectivity index (χ1) is 14.3. The minimum absolute atomic E-state index is 0.0338. The van der Waals surface area contributed by atoms with Crippen molar-refractivity contribution in [1.29, 1.82) is 5.26 Å². The van der Waals surface area contributed by atoms with Gasteiger partial charge in [0.1, 0.15) is 13.2 Å². The summed E-state index contributed by atoms with van der Waals surface area (Å²) in [4.78, 5) is 0.153. The maximum atomic E-state index is 13.0. The summed E-state index contributed by atoms with van der Waals surface area (Å²) in [5.41, 5.74) is 0.365. The van der Waals surface area contributed by atoms with E-state index in [1.54, 1.807) is 6.07 Å². The van der Waals surface area contributed by atoms with E-state index in [1.807, 2.05) is 6.07 Å². The Bertz CT molecular complexity index is 1200. The van der Waals surface area contributed by atoms with E-state index in [1.165, 1.54) is 45.0 Å². The summed E-state index contributed by atoms with van der Waals surface area (Å²) < 4.78 is 65.0. The summed E-state index contributed by atoms with van der Waals surface area (Å²) in [7, 11) is -7.56. The van der Waals surface area contributed by atoms with Crippen LogP contribution in [0.5, 0.6) is 11.5 Å². The number of benzene rings is 2. The Morgan fingerprint density at radius 2 is 1.23 bits per heavy atom. The van der Waals surface area contributed by atoms with Crippen molar-refractivity contribution in [1.82, 2.24) is 8.61 Å². The maximum absolute atomic E-state index is 13.0. The summed E-state index contributed by atoms with van der Waals surface area (Å²) in [5, 5.41) is 8.86. The fourth-order valence-corrected chi connectivity index (χ4v) is 6.19. The lowest BCUT2D eigenvalue weighted by Gasteiger charge is -2.33. The van der Waals surface area contributed by atoms with Crippen LogP contribution in [0.4, 0.5) is 0 Å². The molecule has 2 aromatic carbocycles. The van der Waals surface area contributed by atoms with Crippen LogP contribution >= 0.6 is 0 Å². The predicted octanol–water partition coefficient (Wildman–Crippen LogP) is 1.02. The highest BCUT2D eigenvalue weighted by Gasteiger charge is 2.34. The van der Waals surface area contributed by atoms with Crippen molar-refractivity contribution in [3.05, 3.63) is 48.0 Å². The van der Waals surface area contributed by atoms with Gasteiger partial charge in [0.2, 0.25) is 20.0 Å². The predicted molar refractivity (Wildman–Crippen MR) is 106 cm³/mol. The largest absolute Gasteiger partial charge is 0.486 e. The third kappa shape index (κ3) is 3.75. The molecule has 0 N–H and O–H groups in total. The standard InChI is InChI=1S/C19H19N3O6S2/c20-14-15-1-3-16(4-2-15)29(23,24)21-7-9-22(10-8-21)30(25,26)17-5-6-18-19(13-17)28-12-11-27-18/h1-6,13H,7-12H2. The first-order valence-electron chi connectivity index (χ1n) is 9.22. The lowest BCUT2D eigenvalue weighted by Crippen LogP contribution is -2.50. The van der Waals surface area contributed by atoms with Gasteiger partial charge in [-0.15, -0.1) is 0 Å². The van der Waals surface area contributed by atoms with Gasteiger partial charge >= 0.3 is 0 Å². The van der Waals surface area contributed by atoms with Crippen LogP contribution in [0.1, 0.15) is 5.56 Å². The molecule has 0 bridgehead atoms. The van der Waals surface area contributed by atoms with Crippen LogP contribution in [0.3, 0.4) is 0 Å². The monoisotopic (exact) mass is 449 g/mol. The lowest BCUT2D eigenvalue weighted by atomic mass is 10.2. The molecule has 0 saturated carbocycles. The quantitative estimate of drug-likeness (QED) is 0.684. The molecule has 0 aliphatic carbocycles. The lowest BCUT2D eigenvalue weighted by molar-refractivity contribution is 0.171. The molecular weight excluding hydrogens is 430 g/mol. The van der Waals surface area contributed by atoms with Crippen molar-refractivity contribution in [3.63, 3.8) is 0 Å².